The highest BCUT2D eigenvalue weighted by Crippen LogP contribution is 2.21. The number of non-ortho nitro benzene ring substituents is 1. The van der Waals surface area contributed by atoms with Crippen molar-refractivity contribution in [3.8, 4) is 11.8 Å². The van der Waals surface area contributed by atoms with Crippen LogP contribution in [-0.2, 0) is 4.79 Å². The number of hydrogen-bond acceptors (Lipinski definition) is 5. The molecule has 0 radical (unpaired) electrons. The van der Waals surface area contributed by atoms with E-state index in [9.17, 15) is 19.3 Å². The highest BCUT2D eigenvalue weighted by Gasteiger charge is 2.02. The van der Waals surface area contributed by atoms with Gasteiger partial charge >= 0.3 is 0 Å². The van der Waals surface area contributed by atoms with Gasteiger partial charge in [-0.2, -0.15) is 5.26 Å². The Balaban J connectivity index is 0.000000663. The fourth-order valence-corrected chi connectivity index (χ4v) is 11.5. The molecule has 0 bridgehead atoms. The summed E-state index contributed by atoms with van der Waals surface area (Å²) < 4.78 is 18.2. The number of carbonyl (C=O) groups excluding carboxylic acids is 1. The second kappa shape index (κ2) is 63.1. The second-order valence-corrected chi connectivity index (χ2v) is 32.6. The van der Waals surface area contributed by atoms with Gasteiger partial charge in [-0.15, -0.1) is 0 Å². The second-order valence-electron chi connectivity index (χ2n) is 29.5. The van der Waals surface area contributed by atoms with Crippen LogP contribution in [0.15, 0.2) is 320 Å². The van der Waals surface area contributed by atoms with Gasteiger partial charge in [0.2, 0.25) is 5.91 Å². The first-order valence-electron chi connectivity index (χ1n) is 39.9. The molecule has 646 valence electrons. The number of aryl methyl sites for hydroxylation is 20. The molecule has 0 unspecified atom stereocenters. The van der Waals surface area contributed by atoms with Gasteiger partial charge in [0, 0.05) is 54.3 Å². The Labute approximate surface area is 769 Å². The van der Waals surface area contributed by atoms with Crippen molar-refractivity contribution in [2.45, 2.75) is 152 Å². The third kappa shape index (κ3) is 57.2. The minimum atomic E-state index is -0.403. The maximum Gasteiger partial charge on any atom is 0.269 e. The van der Waals surface area contributed by atoms with E-state index in [-0.39, 0.29) is 17.4 Å². The number of rotatable bonds is 3. The van der Waals surface area contributed by atoms with E-state index in [4.69, 9.17) is 68.0 Å². The zero-order valence-electron chi connectivity index (χ0n) is 75.7. The topological polar surface area (TPSA) is 105 Å². The largest absolute Gasteiger partial charge is 0.497 e. The number of amides is 1. The standard InChI is InChI=1S/C10H14.C9H11NO.C9H12.C8H7N.C8H10O.2C8H10.C7H7Br.2C7H6Cl2.C7H7Cl.C7H7F.C7H7NO2.C7H8/c1-7-5-8(2)10(4)9(3)6-7;1-7-3-5-9(6-4-7)10-8(2)11;1-7-4-8(2)6-9(3)5-7;1-7-2-4-8(6-9)5-3-7;1-7-3-5-8(9-2)6-4-7;1-7-3-5-8(2)6-4-7;1-7-4-3-5-8(2)6-7;1-6-2-4-7(8)5-3-6;1-5-2-6(8)4-7(9)3-5;1-5-2-3-6(8)4-7(5)9;2*1-6-2-4-7(8)5-3-6;1-6-2-4-7(5-3-6)8(9)10;1-7-5-3-2-4-6-7/h5-6H,1-4H3;3-6H,1-2H3,(H,10,11);4-6H,1-3H3;2-5H,1H3;3-6H,1-2H3;2*3-6H,1-2H3;2-5H,1H3;2*2-4H,1H3;2*2-5H,1H3;2-5H,1H3;2-6H,1H3. The highest BCUT2D eigenvalue weighted by molar-refractivity contribution is 9.10. The zero-order chi connectivity index (χ0) is 92.5. The van der Waals surface area contributed by atoms with Crippen molar-refractivity contribution >= 4 is 91.2 Å². The Bertz CT molecular complexity index is 4890. The predicted molar refractivity (Wildman–Crippen MR) is 535 cm³/mol. The predicted octanol–water partition coefficient (Wildman–Crippen LogP) is 34.0. The Kier molecular flexibility index (Phi) is 56.5. The van der Waals surface area contributed by atoms with E-state index in [1.807, 2.05) is 200 Å². The van der Waals surface area contributed by atoms with Crippen LogP contribution >= 0.6 is 73.9 Å². The molecule has 14 rings (SSSR count). The quantitative estimate of drug-likeness (QED) is 0.140. The van der Waals surface area contributed by atoms with Crippen LogP contribution in [0.3, 0.4) is 0 Å². The molecule has 14 aromatic carbocycles. The van der Waals surface area contributed by atoms with Crippen LogP contribution in [0.2, 0.25) is 25.1 Å². The average Bonchev–Trinajstić information content (AvgIpc) is 0.864. The van der Waals surface area contributed by atoms with E-state index in [1.54, 1.807) is 43.5 Å². The van der Waals surface area contributed by atoms with Gasteiger partial charge in [0.15, 0.2) is 0 Å². The number of halogens is 7. The monoisotopic (exact) mass is 1810 g/mol. The molecule has 14 aromatic rings. The molecule has 0 heterocycles. The first-order valence-corrected chi connectivity index (χ1v) is 42.5. The van der Waals surface area contributed by atoms with Gasteiger partial charge in [0.05, 0.1) is 23.7 Å². The number of nitro benzene ring substituents is 1. The van der Waals surface area contributed by atoms with E-state index < -0.39 is 4.92 Å². The molecule has 1 N–H and O–H groups in total. The van der Waals surface area contributed by atoms with E-state index >= 15 is 0 Å². The summed E-state index contributed by atoms with van der Waals surface area (Å²) in [5.74, 6) is 0.713. The zero-order valence-corrected chi connectivity index (χ0v) is 81.1. The molecule has 123 heavy (non-hydrogen) atoms. The number of methoxy groups -OCH3 is 1. The summed E-state index contributed by atoms with van der Waals surface area (Å²) in [6.45, 7) is 44.9. The number of nitrogens with one attached hydrogen (secondary N) is 1. The summed E-state index contributed by atoms with van der Waals surface area (Å²) in [4.78, 5) is 20.3. The molecule has 1 amide bonds. The van der Waals surface area contributed by atoms with Crippen LogP contribution in [0.1, 0.15) is 129 Å². The van der Waals surface area contributed by atoms with E-state index in [2.05, 4.69) is 227 Å². The average molecular weight is 1810 g/mol. The summed E-state index contributed by atoms with van der Waals surface area (Å²) >= 11 is 31.7. The van der Waals surface area contributed by atoms with Gasteiger partial charge in [-0.05, 0) is 276 Å². The smallest absolute Gasteiger partial charge is 0.269 e. The lowest BCUT2D eigenvalue weighted by atomic mass is 10.0. The first-order chi connectivity index (χ1) is 58.0. The number of nitriles is 1. The van der Waals surface area contributed by atoms with Gasteiger partial charge in [-0.25, -0.2) is 4.39 Å². The SMILES string of the molecule is CC(=O)Nc1ccc(C)cc1.COc1ccc(C)cc1.Cc1cc(C)c(C)c(C)c1.Cc1cc(C)cc(C)c1.Cc1cc(Cl)cc(Cl)c1.Cc1ccc(Br)cc1.Cc1ccc(C#N)cc1.Cc1ccc(C)cc1.Cc1ccc(Cl)cc1.Cc1ccc(Cl)cc1Cl.Cc1ccc(F)cc1.Cc1ccc([N+](=O)[O-])cc1.Cc1cccc(C)c1.Cc1ccccc1. The Morgan fingerprint density at radius 1 is 0.350 bits per heavy atom. The molecule has 0 fully saturated rings. The molecule has 0 atom stereocenters. The van der Waals surface area contributed by atoms with Crippen LogP contribution in [0.25, 0.3) is 0 Å². The molecule has 0 aromatic heterocycles. The lowest BCUT2D eigenvalue weighted by Gasteiger charge is -2.04. The molecule has 0 saturated carbocycles. The van der Waals surface area contributed by atoms with Gasteiger partial charge in [-0.1, -0.05) is 363 Å². The van der Waals surface area contributed by atoms with Crippen LogP contribution in [0.5, 0.6) is 5.75 Å². The van der Waals surface area contributed by atoms with Crippen LogP contribution in [0, 0.1) is 173 Å². The minimum absolute atomic E-state index is 0.0335. The lowest BCUT2D eigenvalue weighted by Crippen LogP contribution is -2.05. The minimum Gasteiger partial charge on any atom is -0.497 e. The van der Waals surface area contributed by atoms with Crippen molar-refractivity contribution in [1.29, 1.82) is 5.26 Å². The van der Waals surface area contributed by atoms with Crippen LogP contribution in [-0.4, -0.2) is 17.9 Å². The van der Waals surface area contributed by atoms with Crippen LogP contribution in [0.4, 0.5) is 15.8 Å². The fraction of sp³-hybridized carbons (Fsp3) is 0.211. The Morgan fingerprint density at radius 2 is 0.667 bits per heavy atom. The third-order valence-corrected chi connectivity index (χ3v) is 18.9. The van der Waals surface area contributed by atoms with Crippen LogP contribution < -0.4 is 10.1 Å². The van der Waals surface area contributed by atoms with Gasteiger partial charge in [0.1, 0.15) is 11.6 Å². The Morgan fingerprint density at radius 3 is 0.976 bits per heavy atom. The van der Waals surface area contributed by atoms with E-state index in [0.717, 1.165) is 53.8 Å². The molecule has 0 aliphatic carbocycles. The van der Waals surface area contributed by atoms with Gasteiger partial charge in [-0.3, -0.25) is 14.9 Å². The lowest BCUT2D eigenvalue weighted by molar-refractivity contribution is -0.384. The molecular weight excluding hydrogens is 1690 g/mol. The maximum absolute atomic E-state index is 12.1. The number of carbonyl (C=O) groups is 1. The summed E-state index contributed by atoms with van der Waals surface area (Å²) in [6.07, 6.45) is 0. The van der Waals surface area contributed by atoms with Crippen molar-refractivity contribution < 1.29 is 18.8 Å². The van der Waals surface area contributed by atoms with Gasteiger partial charge < -0.3 is 10.1 Å². The van der Waals surface area contributed by atoms with E-state index in [0.29, 0.717) is 15.1 Å². The third-order valence-electron chi connectivity index (χ3n) is 17.0. The normalized spacial score (nSPS) is 9.31. The number of benzene rings is 14. The Hall–Kier alpha value is -10.9. The number of anilines is 1. The number of hydrogen-bond donors (Lipinski definition) is 1. The van der Waals surface area contributed by atoms with Crippen molar-refractivity contribution in [3.05, 3.63) is 483 Å². The van der Waals surface area contributed by atoms with Crippen molar-refractivity contribution in [1.82, 2.24) is 0 Å². The molecule has 0 aliphatic rings. The summed E-state index contributed by atoms with van der Waals surface area (Å²) in [7, 11) is 1.67. The molecule has 7 nitrogen and oxygen atoms in total. The van der Waals surface area contributed by atoms with Gasteiger partial charge in [0.25, 0.3) is 5.69 Å². The maximum atomic E-state index is 12.1. The van der Waals surface area contributed by atoms with Crippen molar-refractivity contribution in [2.75, 3.05) is 12.4 Å². The molecular formula is C109H122BrCl5FN3O4. The molecule has 0 saturated heterocycles. The highest BCUT2D eigenvalue weighted by atomic mass is 79.9. The molecule has 0 aliphatic heterocycles. The van der Waals surface area contributed by atoms with Crippen molar-refractivity contribution in [2.24, 2.45) is 0 Å². The number of ether oxygens (including phenoxy) is 1. The fourth-order valence-electron chi connectivity index (χ4n) is 10.1. The summed E-state index contributed by atoms with van der Waals surface area (Å²) in [5.41, 5.74) is 28.5. The number of nitrogens with zero attached hydrogens (tertiary/aromatic N) is 2. The van der Waals surface area contributed by atoms with Crippen molar-refractivity contribution in [3.63, 3.8) is 0 Å². The number of nitro groups is 1. The van der Waals surface area contributed by atoms with E-state index in [1.165, 1.54) is 126 Å². The summed E-state index contributed by atoms with van der Waals surface area (Å²) in [6, 6.07) is 103. The summed E-state index contributed by atoms with van der Waals surface area (Å²) in [5, 5.41) is 24.8. The molecule has 14 heteroatoms. The first kappa shape index (κ1) is 110. The molecule has 0 spiro atoms.